The third-order valence-electron chi connectivity index (χ3n) is 2.32. The zero-order chi connectivity index (χ0) is 10.7. The number of nitrogens with zero attached hydrogens (tertiary/aromatic N) is 1. The van der Waals surface area contributed by atoms with Crippen LogP contribution in [0.2, 0.25) is 0 Å². The molecule has 0 bridgehead atoms. The van der Waals surface area contributed by atoms with Crippen LogP contribution < -0.4 is 4.74 Å². The van der Waals surface area contributed by atoms with E-state index in [2.05, 4.69) is 4.98 Å². The first-order valence-corrected chi connectivity index (χ1v) is 4.97. The molecule has 1 aromatic rings. The van der Waals surface area contributed by atoms with Crippen LogP contribution in [-0.2, 0) is 4.74 Å². The summed E-state index contributed by atoms with van der Waals surface area (Å²) in [6.07, 6.45) is 2.53. The van der Waals surface area contributed by atoms with Crippen molar-refractivity contribution in [1.29, 1.82) is 0 Å². The SMILES string of the molecule is CC(=O)c1ccc(O[C@H]2CCOC2)nc1. The van der Waals surface area contributed by atoms with E-state index in [0.717, 1.165) is 13.0 Å². The van der Waals surface area contributed by atoms with Crippen LogP contribution in [-0.4, -0.2) is 30.1 Å². The molecule has 1 aliphatic rings. The largest absolute Gasteiger partial charge is 0.472 e. The first-order valence-electron chi connectivity index (χ1n) is 4.97. The van der Waals surface area contributed by atoms with Gasteiger partial charge in [-0.05, 0) is 13.0 Å². The Morgan fingerprint density at radius 1 is 1.60 bits per heavy atom. The molecule has 0 amide bonds. The molecule has 4 nitrogen and oxygen atoms in total. The van der Waals surface area contributed by atoms with Gasteiger partial charge in [0.15, 0.2) is 5.78 Å². The van der Waals surface area contributed by atoms with Gasteiger partial charge in [-0.15, -0.1) is 0 Å². The van der Waals surface area contributed by atoms with Gasteiger partial charge in [-0.3, -0.25) is 4.79 Å². The second-order valence-electron chi connectivity index (χ2n) is 3.54. The maximum Gasteiger partial charge on any atom is 0.213 e. The lowest BCUT2D eigenvalue weighted by atomic mass is 10.2. The number of Topliss-reactive ketones (excluding diaryl/α,β-unsaturated/α-hetero) is 1. The molecule has 1 fully saturated rings. The van der Waals surface area contributed by atoms with Crippen molar-refractivity contribution in [2.45, 2.75) is 19.4 Å². The minimum Gasteiger partial charge on any atom is -0.472 e. The van der Waals surface area contributed by atoms with Gasteiger partial charge in [-0.25, -0.2) is 4.98 Å². The molecule has 0 saturated carbocycles. The normalized spacial score (nSPS) is 20.2. The Kier molecular flexibility index (Phi) is 2.97. The van der Waals surface area contributed by atoms with E-state index in [1.165, 1.54) is 13.1 Å². The lowest BCUT2D eigenvalue weighted by Crippen LogP contribution is -2.16. The van der Waals surface area contributed by atoms with Crippen molar-refractivity contribution < 1.29 is 14.3 Å². The fraction of sp³-hybridized carbons (Fsp3) is 0.455. The van der Waals surface area contributed by atoms with Gasteiger partial charge in [-0.2, -0.15) is 0 Å². The molecule has 1 saturated heterocycles. The highest BCUT2D eigenvalue weighted by molar-refractivity contribution is 5.93. The van der Waals surface area contributed by atoms with E-state index < -0.39 is 0 Å². The maximum atomic E-state index is 11.0. The Labute approximate surface area is 88.2 Å². The van der Waals surface area contributed by atoms with Gasteiger partial charge in [0, 0.05) is 24.2 Å². The molecule has 4 heteroatoms. The lowest BCUT2D eigenvalue weighted by molar-refractivity contribution is 0.101. The number of carbonyl (C=O) groups is 1. The van der Waals surface area contributed by atoms with Crippen molar-refractivity contribution in [3.8, 4) is 5.88 Å². The summed E-state index contributed by atoms with van der Waals surface area (Å²) < 4.78 is 10.7. The molecule has 1 atom stereocenters. The summed E-state index contributed by atoms with van der Waals surface area (Å²) in [4.78, 5) is 15.1. The molecular weight excluding hydrogens is 194 g/mol. The molecule has 1 aromatic heterocycles. The zero-order valence-corrected chi connectivity index (χ0v) is 8.60. The van der Waals surface area contributed by atoms with Crippen LogP contribution in [0.1, 0.15) is 23.7 Å². The van der Waals surface area contributed by atoms with Gasteiger partial charge < -0.3 is 9.47 Å². The molecule has 0 radical (unpaired) electrons. The van der Waals surface area contributed by atoms with Crippen LogP contribution in [0.4, 0.5) is 0 Å². The standard InChI is InChI=1S/C11H13NO3/c1-8(13)9-2-3-11(12-6-9)15-10-4-5-14-7-10/h2-3,6,10H,4-5,7H2,1H3/t10-/m0/s1. The molecular formula is C11H13NO3. The minimum atomic E-state index is 0.0123. The molecule has 0 spiro atoms. The molecule has 0 aromatic carbocycles. The van der Waals surface area contributed by atoms with E-state index in [1.54, 1.807) is 12.1 Å². The number of ether oxygens (including phenoxy) is 2. The minimum absolute atomic E-state index is 0.0123. The summed E-state index contributed by atoms with van der Waals surface area (Å²) in [5, 5.41) is 0. The van der Waals surface area contributed by atoms with Crippen LogP contribution >= 0.6 is 0 Å². The Bertz CT molecular complexity index is 341. The zero-order valence-electron chi connectivity index (χ0n) is 8.60. The monoisotopic (exact) mass is 207 g/mol. The Hall–Kier alpha value is -1.42. The predicted octanol–water partition coefficient (Wildman–Crippen LogP) is 1.45. The van der Waals surface area contributed by atoms with Gasteiger partial charge in [0.1, 0.15) is 6.10 Å². The summed E-state index contributed by atoms with van der Waals surface area (Å²) in [6, 6.07) is 3.44. The summed E-state index contributed by atoms with van der Waals surface area (Å²) in [7, 11) is 0. The van der Waals surface area contributed by atoms with E-state index >= 15 is 0 Å². The summed E-state index contributed by atoms with van der Waals surface area (Å²) in [5.74, 6) is 0.564. The molecule has 2 heterocycles. The van der Waals surface area contributed by atoms with Crippen LogP contribution in [0.5, 0.6) is 5.88 Å². The van der Waals surface area contributed by atoms with E-state index in [-0.39, 0.29) is 11.9 Å². The van der Waals surface area contributed by atoms with Crippen LogP contribution in [0.15, 0.2) is 18.3 Å². The van der Waals surface area contributed by atoms with Crippen molar-refractivity contribution in [3.63, 3.8) is 0 Å². The predicted molar refractivity (Wildman–Crippen MR) is 54.1 cm³/mol. The maximum absolute atomic E-state index is 11.0. The highest BCUT2D eigenvalue weighted by Crippen LogP contribution is 2.14. The van der Waals surface area contributed by atoms with Crippen molar-refractivity contribution in [2.75, 3.05) is 13.2 Å². The third-order valence-corrected chi connectivity index (χ3v) is 2.32. The van der Waals surface area contributed by atoms with E-state index in [9.17, 15) is 4.79 Å². The van der Waals surface area contributed by atoms with Crippen molar-refractivity contribution in [1.82, 2.24) is 4.98 Å². The Balaban J connectivity index is 2.00. The van der Waals surface area contributed by atoms with Crippen molar-refractivity contribution in [2.24, 2.45) is 0 Å². The highest BCUT2D eigenvalue weighted by atomic mass is 16.5. The number of hydrogen-bond donors (Lipinski definition) is 0. The number of pyridine rings is 1. The lowest BCUT2D eigenvalue weighted by Gasteiger charge is -2.10. The summed E-state index contributed by atoms with van der Waals surface area (Å²) in [6.45, 7) is 2.88. The first kappa shape index (κ1) is 10.1. The number of carbonyl (C=O) groups excluding carboxylic acids is 1. The Morgan fingerprint density at radius 3 is 3.00 bits per heavy atom. The number of aromatic nitrogens is 1. The molecule has 15 heavy (non-hydrogen) atoms. The van der Waals surface area contributed by atoms with Gasteiger partial charge in [-0.1, -0.05) is 0 Å². The summed E-state index contributed by atoms with van der Waals surface area (Å²) >= 11 is 0. The average molecular weight is 207 g/mol. The molecule has 1 aliphatic heterocycles. The van der Waals surface area contributed by atoms with Crippen LogP contribution in [0.25, 0.3) is 0 Å². The van der Waals surface area contributed by atoms with Gasteiger partial charge in [0.05, 0.1) is 13.2 Å². The van der Waals surface area contributed by atoms with Crippen LogP contribution in [0.3, 0.4) is 0 Å². The van der Waals surface area contributed by atoms with Crippen molar-refractivity contribution in [3.05, 3.63) is 23.9 Å². The van der Waals surface area contributed by atoms with Crippen molar-refractivity contribution >= 4 is 5.78 Å². The fourth-order valence-corrected chi connectivity index (χ4v) is 1.43. The van der Waals surface area contributed by atoms with Crippen LogP contribution in [0, 0.1) is 0 Å². The fourth-order valence-electron chi connectivity index (χ4n) is 1.43. The quantitative estimate of drug-likeness (QED) is 0.704. The number of rotatable bonds is 3. The highest BCUT2D eigenvalue weighted by Gasteiger charge is 2.17. The topological polar surface area (TPSA) is 48.4 Å². The average Bonchev–Trinajstić information content (AvgIpc) is 2.71. The van der Waals surface area contributed by atoms with E-state index in [1.807, 2.05) is 0 Å². The molecule has 2 rings (SSSR count). The second kappa shape index (κ2) is 4.40. The van der Waals surface area contributed by atoms with E-state index in [4.69, 9.17) is 9.47 Å². The molecule has 0 N–H and O–H groups in total. The number of hydrogen-bond acceptors (Lipinski definition) is 4. The van der Waals surface area contributed by atoms with Gasteiger partial charge in [0.2, 0.25) is 5.88 Å². The number of ketones is 1. The molecule has 0 unspecified atom stereocenters. The first-order chi connectivity index (χ1) is 7.25. The van der Waals surface area contributed by atoms with Gasteiger partial charge in [0.25, 0.3) is 0 Å². The molecule has 0 aliphatic carbocycles. The summed E-state index contributed by atoms with van der Waals surface area (Å²) in [5.41, 5.74) is 0.602. The second-order valence-corrected chi connectivity index (χ2v) is 3.54. The van der Waals surface area contributed by atoms with Gasteiger partial charge >= 0.3 is 0 Å². The molecule has 80 valence electrons. The third kappa shape index (κ3) is 2.53. The van der Waals surface area contributed by atoms with E-state index in [0.29, 0.717) is 18.1 Å². The Morgan fingerprint density at radius 2 is 2.47 bits per heavy atom. The smallest absolute Gasteiger partial charge is 0.213 e.